The largest absolute Gasteiger partial charge is 0.343 e. The van der Waals surface area contributed by atoms with Gasteiger partial charge in [0.05, 0.1) is 5.56 Å². The van der Waals surface area contributed by atoms with Gasteiger partial charge in [-0.15, -0.1) is 0 Å². The Balaban J connectivity index is 0.00000199. The van der Waals surface area contributed by atoms with E-state index in [0.29, 0.717) is 5.92 Å². The summed E-state index contributed by atoms with van der Waals surface area (Å²) in [5, 5.41) is 0. The molecule has 184 valence electrons. The predicted octanol–water partition coefficient (Wildman–Crippen LogP) is 8.28. The Morgan fingerprint density at radius 3 is 2.18 bits per heavy atom. The van der Waals surface area contributed by atoms with E-state index < -0.39 is 0 Å². The van der Waals surface area contributed by atoms with Crippen LogP contribution in [0.15, 0.2) is 53.5 Å². The van der Waals surface area contributed by atoms with Gasteiger partial charge in [-0.05, 0) is 79.2 Å². The van der Waals surface area contributed by atoms with Crippen molar-refractivity contribution in [1.82, 2.24) is 4.57 Å². The van der Waals surface area contributed by atoms with E-state index in [9.17, 15) is 9.59 Å². The Morgan fingerprint density at radius 2 is 1.71 bits per heavy atom. The van der Waals surface area contributed by atoms with Gasteiger partial charge in [-0.3, -0.25) is 9.59 Å². The van der Waals surface area contributed by atoms with Gasteiger partial charge in [-0.1, -0.05) is 72.4 Å². The van der Waals surface area contributed by atoms with Gasteiger partial charge >= 0.3 is 0 Å². The van der Waals surface area contributed by atoms with Gasteiger partial charge in [0.1, 0.15) is 0 Å². The second-order valence-electron chi connectivity index (χ2n) is 10.3. The fourth-order valence-electron chi connectivity index (χ4n) is 4.83. The molecule has 0 N–H and O–H groups in total. The lowest BCUT2D eigenvalue weighted by Gasteiger charge is -2.35. The molecule has 1 fully saturated rings. The molecule has 1 aromatic heterocycles. The highest BCUT2D eigenvalue weighted by molar-refractivity contribution is 5.98. The Kier molecular flexibility index (Phi) is 9.05. The van der Waals surface area contributed by atoms with Gasteiger partial charge in [-0.2, -0.15) is 0 Å². The molecule has 3 nitrogen and oxygen atoms in total. The number of carbonyl (C=O) groups excluding carboxylic acids is 1. The summed E-state index contributed by atoms with van der Waals surface area (Å²) in [5.41, 5.74) is 6.57. The average molecular weight is 462 g/mol. The molecule has 0 radical (unpaired) electrons. The van der Waals surface area contributed by atoms with E-state index in [1.807, 2.05) is 13.8 Å². The summed E-state index contributed by atoms with van der Waals surface area (Å²) in [5.74, 6) is 0.308. The van der Waals surface area contributed by atoms with Crippen molar-refractivity contribution in [2.24, 2.45) is 11.3 Å². The minimum Gasteiger partial charge on any atom is -0.343 e. The van der Waals surface area contributed by atoms with Crippen molar-refractivity contribution in [2.75, 3.05) is 0 Å². The summed E-state index contributed by atoms with van der Waals surface area (Å²) in [4.78, 5) is 25.2. The lowest BCUT2D eigenvalue weighted by atomic mass is 9.83. The van der Waals surface area contributed by atoms with Crippen LogP contribution in [0, 0.1) is 18.3 Å². The molecule has 0 spiro atoms. The number of carbonyl (C=O) groups is 1. The SMILES string of the molecule is C=C(/C(=C(\C)c1cc(=O)c(C(C)=O)cn1[C@@H](CC)C(C)(C)C)c1ccccc1C)C1CC1.CC. The Labute approximate surface area is 206 Å². The Hall–Kier alpha value is -2.68. The summed E-state index contributed by atoms with van der Waals surface area (Å²) < 4.78 is 2.17. The summed E-state index contributed by atoms with van der Waals surface area (Å²) in [7, 11) is 0. The molecule has 0 amide bonds. The molecule has 2 aromatic rings. The maximum atomic E-state index is 13.0. The van der Waals surface area contributed by atoms with Crippen molar-refractivity contribution >= 4 is 16.9 Å². The molecule has 0 aliphatic heterocycles. The minimum absolute atomic E-state index is 0.0385. The first-order chi connectivity index (χ1) is 16.0. The van der Waals surface area contributed by atoms with Crippen LogP contribution in [-0.2, 0) is 0 Å². The number of benzene rings is 1. The Bertz CT molecular complexity index is 1140. The van der Waals surface area contributed by atoms with Gasteiger partial charge < -0.3 is 4.57 Å². The molecule has 0 bridgehead atoms. The molecule has 3 heteroatoms. The molecule has 0 unspecified atom stereocenters. The number of ketones is 1. The van der Waals surface area contributed by atoms with Crippen LogP contribution in [0.5, 0.6) is 0 Å². The number of hydrogen-bond acceptors (Lipinski definition) is 2. The molecular formula is C31H43NO2. The van der Waals surface area contributed by atoms with Crippen molar-refractivity contribution in [1.29, 1.82) is 0 Å². The van der Waals surface area contributed by atoms with Crippen LogP contribution in [0.2, 0.25) is 0 Å². The molecule has 1 aliphatic rings. The number of pyridine rings is 1. The second kappa shape index (κ2) is 11.2. The third-order valence-corrected chi connectivity index (χ3v) is 6.75. The molecule has 1 aliphatic carbocycles. The fraction of sp³-hybridized carbons (Fsp3) is 0.484. The van der Waals surface area contributed by atoms with Gasteiger partial charge in [0.25, 0.3) is 0 Å². The van der Waals surface area contributed by atoms with Crippen molar-refractivity contribution in [3.8, 4) is 0 Å². The predicted molar refractivity (Wildman–Crippen MR) is 146 cm³/mol. The van der Waals surface area contributed by atoms with E-state index in [-0.39, 0.29) is 28.2 Å². The van der Waals surface area contributed by atoms with Gasteiger partial charge in [0.15, 0.2) is 11.2 Å². The van der Waals surface area contributed by atoms with E-state index in [0.717, 1.165) is 41.7 Å². The van der Waals surface area contributed by atoms with E-state index in [2.05, 4.69) is 77.0 Å². The smallest absolute Gasteiger partial charge is 0.192 e. The van der Waals surface area contributed by atoms with Gasteiger partial charge in [0.2, 0.25) is 0 Å². The van der Waals surface area contributed by atoms with Crippen LogP contribution in [0.1, 0.15) is 108 Å². The summed E-state index contributed by atoms with van der Waals surface area (Å²) in [6, 6.07) is 10.2. The number of rotatable bonds is 7. The molecule has 3 rings (SSSR count). The topological polar surface area (TPSA) is 39.1 Å². The zero-order valence-electron chi connectivity index (χ0n) is 22.7. The molecular weight excluding hydrogens is 418 g/mol. The standard InChI is InChI=1S/C29H37NO2.C2H6/c1-9-27(29(6,7)8)30-17-24(21(5)31)26(32)16-25(30)20(4)28(19(3)22-14-15-22)23-13-11-10-12-18(23)2;1-2/h10-13,16-17,22,27H,3,9,14-15H2,1-2,4-8H3;1-2H3/b28-20-;/t27-;/m0./s1. The molecule has 34 heavy (non-hydrogen) atoms. The molecule has 1 heterocycles. The number of hydrogen-bond donors (Lipinski definition) is 0. The molecule has 1 atom stereocenters. The quantitative estimate of drug-likeness (QED) is 0.307. The highest BCUT2D eigenvalue weighted by Crippen LogP contribution is 2.46. The third kappa shape index (κ3) is 5.87. The van der Waals surface area contributed by atoms with Crippen LogP contribution in [0.25, 0.3) is 11.1 Å². The minimum atomic E-state index is -0.215. The second-order valence-corrected chi connectivity index (χ2v) is 10.3. The van der Waals surface area contributed by atoms with Crippen molar-refractivity contribution in [2.45, 2.75) is 87.6 Å². The zero-order chi connectivity index (χ0) is 25.8. The van der Waals surface area contributed by atoms with Crippen LogP contribution in [0.4, 0.5) is 0 Å². The lowest BCUT2D eigenvalue weighted by molar-refractivity contribution is 0.101. The summed E-state index contributed by atoms with van der Waals surface area (Å²) in [6.45, 7) is 23.0. The number of allylic oxidation sites excluding steroid dienone is 3. The van der Waals surface area contributed by atoms with Crippen LogP contribution in [0.3, 0.4) is 0 Å². The first kappa shape index (κ1) is 27.6. The maximum absolute atomic E-state index is 13.0. The molecule has 1 aromatic carbocycles. The van der Waals surface area contributed by atoms with Crippen molar-refractivity contribution < 1.29 is 4.79 Å². The maximum Gasteiger partial charge on any atom is 0.192 e. The fourth-order valence-corrected chi connectivity index (χ4v) is 4.83. The summed E-state index contributed by atoms with van der Waals surface area (Å²) >= 11 is 0. The van der Waals surface area contributed by atoms with Crippen LogP contribution >= 0.6 is 0 Å². The highest BCUT2D eigenvalue weighted by atomic mass is 16.1. The van der Waals surface area contributed by atoms with Gasteiger partial charge in [0, 0.05) is 24.0 Å². The number of aromatic nitrogens is 1. The van der Waals surface area contributed by atoms with E-state index >= 15 is 0 Å². The van der Waals surface area contributed by atoms with E-state index in [1.165, 1.54) is 18.1 Å². The number of aryl methyl sites for hydroxylation is 1. The third-order valence-electron chi connectivity index (χ3n) is 6.75. The first-order valence-corrected chi connectivity index (χ1v) is 12.7. The molecule has 1 saturated carbocycles. The normalized spacial score (nSPS) is 15.1. The highest BCUT2D eigenvalue weighted by Gasteiger charge is 2.31. The summed E-state index contributed by atoms with van der Waals surface area (Å²) in [6.07, 6.45) is 5.01. The first-order valence-electron chi connectivity index (χ1n) is 12.7. The van der Waals surface area contributed by atoms with E-state index in [1.54, 1.807) is 12.3 Å². The average Bonchev–Trinajstić information content (AvgIpc) is 3.62. The molecule has 0 saturated heterocycles. The van der Waals surface area contributed by atoms with Crippen molar-refractivity contribution in [3.63, 3.8) is 0 Å². The van der Waals surface area contributed by atoms with Crippen LogP contribution < -0.4 is 5.43 Å². The Morgan fingerprint density at radius 1 is 1.12 bits per heavy atom. The van der Waals surface area contributed by atoms with Gasteiger partial charge in [-0.25, -0.2) is 0 Å². The number of Topliss-reactive ketones (excluding diaryl/α,β-unsaturated/α-hetero) is 1. The number of nitrogens with zero attached hydrogens (tertiary/aromatic N) is 1. The van der Waals surface area contributed by atoms with Crippen LogP contribution in [-0.4, -0.2) is 10.4 Å². The monoisotopic (exact) mass is 461 g/mol. The lowest BCUT2D eigenvalue weighted by Crippen LogP contribution is -2.29. The zero-order valence-corrected chi connectivity index (χ0v) is 22.7. The van der Waals surface area contributed by atoms with Crippen molar-refractivity contribution in [3.05, 3.63) is 81.3 Å². The van der Waals surface area contributed by atoms with E-state index in [4.69, 9.17) is 0 Å².